The molecule has 188 valence electrons. The first-order chi connectivity index (χ1) is 16.4. The van der Waals surface area contributed by atoms with Crippen molar-refractivity contribution in [1.82, 2.24) is 4.90 Å². The highest BCUT2D eigenvalue weighted by Crippen LogP contribution is 2.52. The first-order valence-electron chi connectivity index (χ1n) is 12.0. The van der Waals surface area contributed by atoms with Crippen molar-refractivity contribution < 1.29 is 31.9 Å². The number of carbonyl (C=O) groups is 1. The second-order valence-electron chi connectivity index (χ2n) is 10.5. The van der Waals surface area contributed by atoms with E-state index >= 15 is 0 Å². The lowest BCUT2D eigenvalue weighted by molar-refractivity contribution is -0.228. The zero-order valence-corrected chi connectivity index (χ0v) is 19.5. The molecular weight excluding hydrogens is 465 g/mol. The van der Waals surface area contributed by atoms with Gasteiger partial charge in [-0.3, -0.25) is 4.79 Å². The molecule has 0 spiro atoms. The van der Waals surface area contributed by atoms with Gasteiger partial charge in [0.05, 0.1) is 0 Å². The summed E-state index contributed by atoms with van der Waals surface area (Å²) in [4.78, 5) is 15.0. The molecule has 2 aromatic carbocycles. The minimum Gasteiger partial charge on any atom is -0.380 e. The highest BCUT2D eigenvalue weighted by atomic mass is 19.4. The summed E-state index contributed by atoms with van der Waals surface area (Å²) >= 11 is 0. The number of nitrogens with zero attached hydrogens (tertiary/aromatic N) is 1. The number of halogens is 5. The zero-order chi connectivity index (χ0) is 25.2. The maximum atomic E-state index is 14.8. The molecule has 0 aromatic heterocycles. The van der Waals surface area contributed by atoms with Gasteiger partial charge in [0.2, 0.25) is 5.67 Å². The summed E-state index contributed by atoms with van der Waals surface area (Å²) in [7, 11) is 0. The molecule has 3 atom stereocenters. The maximum Gasteiger partial charge on any atom is 0.426 e. The number of carbonyl (C=O) groups excluding carboxylic acids is 1. The minimum absolute atomic E-state index is 0.262. The summed E-state index contributed by atoms with van der Waals surface area (Å²) in [5.41, 5.74) is -3.59. The van der Waals surface area contributed by atoms with Crippen LogP contribution in [0.2, 0.25) is 0 Å². The predicted molar refractivity (Wildman–Crippen MR) is 120 cm³/mol. The standard InChI is InChI=1S/C27H28F5NO2/c1-24(29,27(30,31)32)19-6-9-21-18(15-19)5-10-22-25(21,16-17-3-7-20(28)8-4-17)13-14-33(22)23(34)26(35)11-2-12-26/h3-4,6-9,15,22,35H,2,5,10-14,16H2,1H3/t22-,24?,25-/m1/s1. The average Bonchev–Trinajstić information content (AvgIpc) is 3.16. The number of likely N-dealkylation sites (tertiary alicyclic amines) is 1. The van der Waals surface area contributed by atoms with Crippen LogP contribution in [0.3, 0.4) is 0 Å². The largest absolute Gasteiger partial charge is 0.426 e. The third-order valence-electron chi connectivity index (χ3n) is 8.49. The molecule has 1 aliphatic heterocycles. The monoisotopic (exact) mass is 493 g/mol. The van der Waals surface area contributed by atoms with Crippen molar-refractivity contribution in [2.75, 3.05) is 6.54 Å². The molecule has 0 radical (unpaired) electrons. The highest BCUT2D eigenvalue weighted by molar-refractivity contribution is 5.87. The van der Waals surface area contributed by atoms with Crippen molar-refractivity contribution in [2.45, 2.75) is 80.8 Å². The van der Waals surface area contributed by atoms with Crippen LogP contribution in [-0.2, 0) is 28.7 Å². The van der Waals surface area contributed by atoms with Gasteiger partial charge in [0.25, 0.3) is 5.91 Å². The number of alkyl halides is 4. The lowest BCUT2D eigenvalue weighted by atomic mass is 9.63. The van der Waals surface area contributed by atoms with E-state index in [4.69, 9.17) is 0 Å². The van der Waals surface area contributed by atoms with Gasteiger partial charge in [0, 0.05) is 18.0 Å². The highest BCUT2D eigenvalue weighted by Gasteiger charge is 2.57. The number of hydrogen-bond acceptors (Lipinski definition) is 2. The first-order valence-corrected chi connectivity index (χ1v) is 12.0. The second-order valence-corrected chi connectivity index (χ2v) is 10.5. The van der Waals surface area contributed by atoms with Crippen LogP contribution in [0.25, 0.3) is 0 Å². The Kier molecular flexibility index (Phi) is 5.55. The summed E-state index contributed by atoms with van der Waals surface area (Å²) in [5.74, 6) is -0.662. The number of hydrogen-bond donors (Lipinski definition) is 1. The Labute approximate surface area is 200 Å². The fourth-order valence-corrected chi connectivity index (χ4v) is 6.23. The SMILES string of the molecule is CC(F)(c1ccc2c(c1)CC[C@H]1N(C(=O)C3(O)CCC3)CC[C@@]21Cc1ccc(F)cc1)C(F)(F)F. The summed E-state index contributed by atoms with van der Waals surface area (Å²) in [6.07, 6.45) is -1.51. The van der Waals surface area contributed by atoms with Crippen molar-refractivity contribution in [2.24, 2.45) is 0 Å². The van der Waals surface area contributed by atoms with Crippen LogP contribution in [0.15, 0.2) is 42.5 Å². The van der Waals surface area contributed by atoms with E-state index in [1.54, 1.807) is 23.1 Å². The van der Waals surface area contributed by atoms with Gasteiger partial charge in [-0.05, 0) is 86.3 Å². The van der Waals surface area contributed by atoms with Crippen LogP contribution in [-0.4, -0.2) is 40.3 Å². The zero-order valence-electron chi connectivity index (χ0n) is 19.5. The molecule has 2 aliphatic carbocycles. The molecule has 1 saturated heterocycles. The molecule has 0 bridgehead atoms. The molecule has 1 N–H and O–H groups in total. The van der Waals surface area contributed by atoms with Crippen LogP contribution >= 0.6 is 0 Å². The topological polar surface area (TPSA) is 40.5 Å². The normalized spacial score (nSPS) is 26.9. The summed E-state index contributed by atoms with van der Waals surface area (Å²) in [6, 6.07) is 9.91. The number of rotatable bonds is 4. The molecule has 1 heterocycles. The van der Waals surface area contributed by atoms with Gasteiger partial charge in [0.15, 0.2) is 0 Å². The molecule has 8 heteroatoms. The van der Waals surface area contributed by atoms with Crippen molar-refractivity contribution in [3.63, 3.8) is 0 Å². The third kappa shape index (κ3) is 3.76. The molecule has 3 nitrogen and oxygen atoms in total. The van der Waals surface area contributed by atoms with E-state index in [0.717, 1.165) is 17.5 Å². The van der Waals surface area contributed by atoms with Gasteiger partial charge in [-0.15, -0.1) is 0 Å². The van der Waals surface area contributed by atoms with Crippen LogP contribution in [0.4, 0.5) is 22.0 Å². The van der Waals surface area contributed by atoms with Crippen molar-refractivity contribution in [3.05, 3.63) is 70.5 Å². The summed E-state index contributed by atoms with van der Waals surface area (Å²) in [6.45, 7) is 0.946. The molecular formula is C27H28F5NO2. The smallest absolute Gasteiger partial charge is 0.380 e. The lowest BCUT2D eigenvalue weighted by Crippen LogP contribution is -2.57. The molecule has 1 amide bonds. The fraction of sp³-hybridized carbons (Fsp3) is 0.519. The Balaban J connectivity index is 1.57. The fourth-order valence-electron chi connectivity index (χ4n) is 6.23. The van der Waals surface area contributed by atoms with Gasteiger partial charge in [-0.2, -0.15) is 13.2 Å². The van der Waals surface area contributed by atoms with Gasteiger partial charge in [-0.25, -0.2) is 8.78 Å². The van der Waals surface area contributed by atoms with E-state index in [-0.39, 0.29) is 17.8 Å². The molecule has 2 fully saturated rings. The Bertz CT molecular complexity index is 1140. The predicted octanol–water partition coefficient (Wildman–Crippen LogP) is 5.52. The average molecular weight is 494 g/mol. The summed E-state index contributed by atoms with van der Waals surface area (Å²) < 4.78 is 68.4. The summed E-state index contributed by atoms with van der Waals surface area (Å²) in [5, 5.41) is 10.7. The quantitative estimate of drug-likeness (QED) is 0.571. The van der Waals surface area contributed by atoms with Crippen LogP contribution in [0, 0.1) is 5.82 Å². The number of amides is 1. The maximum absolute atomic E-state index is 14.8. The van der Waals surface area contributed by atoms with Crippen molar-refractivity contribution >= 4 is 5.91 Å². The van der Waals surface area contributed by atoms with E-state index in [2.05, 4.69) is 0 Å². The van der Waals surface area contributed by atoms with Gasteiger partial charge in [0.1, 0.15) is 11.4 Å². The Morgan fingerprint density at radius 1 is 1.09 bits per heavy atom. The molecule has 3 aliphatic rings. The second kappa shape index (κ2) is 8.02. The molecule has 5 rings (SSSR count). The molecule has 1 unspecified atom stereocenters. The number of aryl methyl sites for hydroxylation is 1. The minimum atomic E-state index is -5.04. The lowest BCUT2D eigenvalue weighted by Gasteiger charge is -2.46. The van der Waals surface area contributed by atoms with Crippen LogP contribution in [0.5, 0.6) is 0 Å². The van der Waals surface area contributed by atoms with Crippen molar-refractivity contribution in [1.29, 1.82) is 0 Å². The Morgan fingerprint density at radius 3 is 2.37 bits per heavy atom. The van der Waals surface area contributed by atoms with Crippen molar-refractivity contribution in [3.8, 4) is 0 Å². The van der Waals surface area contributed by atoms with E-state index in [1.807, 2.05) is 0 Å². The van der Waals surface area contributed by atoms with Gasteiger partial charge < -0.3 is 10.0 Å². The number of benzene rings is 2. The van der Waals surface area contributed by atoms with Gasteiger partial charge in [-0.1, -0.05) is 30.3 Å². The Morgan fingerprint density at radius 2 is 1.77 bits per heavy atom. The molecule has 35 heavy (non-hydrogen) atoms. The van der Waals surface area contributed by atoms with E-state index < -0.39 is 28.4 Å². The van der Waals surface area contributed by atoms with Crippen LogP contribution < -0.4 is 0 Å². The van der Waals surface area contributed by atoms with E-state index in [0.29, 0.717) is 57.6 Å². The molecule has 1 saturated carbocycles. The van der Waals surface area contributed by atoms with E-state index in [1.165, 1.54) is 24.3 Å². The molecule has 2 aromatic rings. The van der Waals surface area contributed by atoms with E-state index in [9.17, 15) is 31.9 Å². The van der Waals surface area contributed by atoms with Gasteiger partial charge >= 0.3 is 6.18 Å². The third-order valence-corrected chi connectivity index (χ3v) is 8.49. The van der Waals surface area contributed by atoms with Crippen LogP contribution in [0.1, 0.15) is 61.3 Å². The first kappa shape index (κ1) is 24.2. The number of aliphatic hydroxyl groups is 1. The Hall–Kier alpha value is -2.48. The number of fused-ring (bicyclic) bond motifs is 3.